The highest BCUT2D eigenvalue weighted by molar-refractivity contribution is 7.99. The summed E-state index contributed by atoms with van der Waals surface area (Å²) < 4.78 is 5.11. The van der Waals surface area contributed by atoms with E-state index in [0.29, 0.717) is 18.8 Å². The third kappa shape index (κ3) is 13.7. The molecule has 0 fully saturated rings. The van der Waals surface area contributed by atoms with Crippen molar-refractivity contribution in [2.75, 3.05) is 24.7 Å². The van der Waals surface area contributed by atoms with Crippen LogP contribution >= 0.6 is 11.8 Å². The predicted molar refractivity (Wildman–Crippen MR) is 73.4 cm³/mol. The quantitative estimate of drug-likeness (QED) is 0.434. The molecule has 0 aromatic heterocycles. The normalized spacial score (nSPS) is 10.5. The van der Waals surface area contributed by atoms with E-state index in [1.807, 2.05) is 0 Å². The fourth-order valence-electron chi connectivity index (χ4n) is 1.46. The summed E-state index contributed by atoms with van der Waals surface area (Å²) in [5, 5.41) is 8.56. The Bertz CT molecular complexity index is 174. The number of carbonyl (C=O) groups is 1. The van der Waals surface area contributed by atoms with Crippen molar-refractivity contribution in [2.45, 2.75) is 51.9 Å². The Morgan fingerprint density at radius 3 is 2.53 bits per heavy atom. The van der Waals surface area contributed by atoms with E-state index in [2.05, 4.69) is 6.92 Å². The molecule has 0 aliphatic rings. The van der Waals surface area contributed by atoms with Crippen molar-refractivity contribution in [1.29, 1.82) is 0 Å². The van der Waals surface area contributed by atoms with Gasteiger partial charge in [0.05, 0.1) is 19.6 Å². The SMILES string of the molecule is CCCCCCCCOC(=O)CCSCCO. The van der Waals surface area contributed by atoms with Gasteiger partial charge in [-0.15, -0.1) is 0 Å². The van der Waals surface area contributed by atoms with Crippen LogP contribution in [0.15, 0.2) is 0 Å². The molecule has 17 heavy (non-hydrogen) atoms. The van der Waals surface area contributed by atoms with E-state index in [9.17, 15) is 4.79 Å². The smallest absolute Gasteiger partial charge is 0.306 e. The highest BCUT2D eigenvalue weighted by Gasteiger charge is 2.02. The topological polar surface area (TPSA) is 46.5 Å². The Morgan fingerprint density at radius 1 is 1.12 bits per heavy atom. The molecular formula is C13H26O3S. The molecule has 0 saturated heterocycles. The summed E-state index contributed by atoms with van der Waals surface area (Å²) in [6.07, 6.45) is 7.72. The maximum absolute atomic E-state index is 11.2. The van der Waals surface area contributed by atoms with Gasteiger partial charge in [0.15, 0.2) is 0 Å². The van der Waals surface area contributed by atoms with Crippen molar-refractivity contribution in [1.82, 2.24) is 0 Å². The van der Waals surface area contributed by atoms with Gasteiger partial charge in [-0.1, -0.05) is 39.0 Å². The number of aliphatic hydroxyl groups excluding tert-OH is 1. The molecule has 0 radical (unpaired) electrons. The van der Waals surface area contributed by atoms with Gasteiger partial charge in [0.25, 0.3) is 0 Å². The molecule has 0 unspecified atom stereocenters. The van der Waals surface area contributed by atoms with Gasteiger partial charge < -0.3 is 9.84 Å². The van der Waals surface area contributed by atoms with Gasteiger partial charge in [-0.3, -0.25) is 4.79 Å². The summed E-state index contributed by atoms with van der Waals surface area (Å²) in [5.41, 5.74) is 0. The van der Waals surface area contributed by atoms with E-state index in [1.54, 1.807) is 11.8 Å². The Morgan fingerprint density at radius 2 is 1.82 bits per heavy atom. The summed E-state index contributed by atoms with van der Waals surface area (Å²) >= 11 is 1.58. The van der Waals surface area contributed by atoms with Crippen molar-refractivity contribution in [3.05, 3.63) is 0 Å². The number of carbonyl (C=O) groups excluding carboxylic acids is 1. The third-order valence-electron chi connectivity index (χ3n) is 2.45. The van der Waals surface area contributed by atoms with Crippen molar-refractivity contribution in [3.63, 3.8) is 0 Å². The molecule has 102 valence electrons. The van der Waals surface area contributed by atoms with Gasteiger partial charge in [0.2, 0.25) is 0 Å². The number of esters is 1. The average Bonchev–Trinajstić information content (AvgIpc) is 2.33. The predicted octanol–water partition coefficient (Wildman–Crippen LogP) is 3.01. The van der Waals surface area contributed by atoms with Crippen LogP contribution in [-0.2, 0) is 9.53 Å². The number of unbranched alkanes of at least 4 members (excludes halogenated alkanes) is 5. The molecule has 0 aliphatic carbocycles. The first-order valence-electron chi connectivity index (χ1n) is 6.65. The monoisotopic (exact) mass is 262 g/mol. The molecule has 0 saturated carbocycles. The molecular weight excluding hydrogens is 236 g/mol. The number of ether oxygens (including phenoxy) is 1. The van der Waals surface area contributed by atoms with E-state index >= 15 is 0 Å². The molecule has 4 heteroatoms. The molecule has 0 spiro atoms. The fourth-order valence-corrected chi connectivity index (χ4v) is 2.11. The van der Waals surface area contributed by atoms with Gasteiger partial charge >= 0.3 is 5.97 Å². The lowest BCUT2D eigenvalue weighted by atomic mass is 10.1. The molecule has 0 bridgehead atoms. The molecule has 1 N–H and O–H groups in total. The number of hydrogen-bond donors (Lipinski definition) is 1. The molecule has 0 amide bonds. The highest BCUT2D eigenvalue weighted by atomic mass is 32.2. The van der Waals surface area contributed by atoms with Crippen molar-refractivity contribution >= 4 is 17.7 Å². The molecule has 0 atom stereocenters. The minimum atomic E-state index is -0.107. The maximum Gasteiger partial charge on any atom is 0.306 e. The van der Waals surface area contributed by atoms with Crippen molar-refractivity contribution < 1.29 is 14.6 Å². The fraction of sp³-hybridized carbons (Fsp3) is 0.923. The average molecular weight is 262 g/mol. The van der Waals surface area contributed by atoms with E-state index in [-0.39, 0.29) is 12.6 Å². The number of rotatable bonds is 12. The second-order valence-corrected chi connectivity index (χ2v) is 5.30. The summed E-state index contributed by atoms with van der Waals surface area (Å²) in [6.45, 7) is 2.95. The Kier molecular flexibility index (Phi) is 13.7. The molecule has 0 aliphatic heterocycles. The molecule has 0 aromatic rings. The first kappa shape index (κ1) is 16.8. The summed E-state index contributed by atoms with van der Waals surface area (Å²) in [7, 11) is 0. The molecule has 0 heterocycles. The number of aliphatic hydroxyl groups is 1. The summed E-state index contributed by atoms with van der Waals surface area (Å²) in [6, 6.07) is 0. The van der Waals surface area contributed by atoms with Crippen molar-refractivity contribution in [3.8, 4) is 0 Å². The lowest BCUT2D eigenvalue weighted by molar-refractivity contribution is -0.143. The summed E-state index contributed by atoms with van der Waals surface area (Å²) in [5.74, 6) is 1.34. The minimum Gasteiger partial charge on any atom is -0.466 e. The van der Waals surface area contributed by atoms with Crippen LogP contribution in [0.1, 0.15) is 51.9 Å². The van der Waals surface area contributed by atoms with Crippen LogP contribution in [0.25, 0.3) is 0 Å². The zero-order valence-corrected chi connectivity index (χ0v) is 11.8. The van der Waals surface area contributed by atoms with Crippen LogP contribution in [0.5, 0.6) is 0 Å². The van der Waals surface area contributed by atoms with Crippen LogP contribution < -0.4 is 0 Å². The standard InChI is InChI=1S/C13H26O3S/c1-2-3-4-5-6-7-10-16-13(15)8-11-17-12-9-14/h14H,2-12H2,1H3. The lowest BCUT2D eigenvalue weighted by Crippen LogP contribution is -2.07. The largest absolute Gasteiger partial charge is 0.466 e. The van der Waals surface area contributed by atoms with Crippen LogP contribution in [0, 0.1) is 0 Å². The van der Waals surface area contributed by atoms with Gasteiger partial charge in [-0.05, 0) is 6.42 Å². The van der Waals surface area contributed by atoms with Crippen molar-refractivity contribution in [2.24, 2.45) is 0 Å². The Balaban J connectivity index is 3.11. The molecule has 3 nitrogen and oxygen atoms in total. The van der Waals surface area contributed by atoms with Gasteiger partial charge in [0.1, 0.15) is 0 Å². The summed E-state index contributed by atoms with van der Waals surface area (Å²) in [4.78, 5) is 11.2. The number of hydrogen-bond acceptors (Lipinski definition) is 4. The van der Waals surface area contributed by atoms with E-state index < -0.39 is 0 Å². The first-order chi connectivity index (χ1) is 8.31. The van der Waals surface area contributed by atoms with Gasteiger partial charge in [-0.25, -0.2) is 0 Å². The van der Waals surface area contributed by atoms with Crippen LogP contribution in [-0.4, -0.2) is 35.8 Å². The lowest BCUT2D eigenvalue weighted by Gasteiger charge is -2.04. The Hall–Kier alpha value is -0.220. The second-order valence-electron chi connectivity index (χ2n) is 4.07. The zero-order chi connectivity index (χ0) is 12.8. The van der Waals surface area contributed by atoms with E-state index in [1.165, 1.54) is 25.7 Å². The minimum absolute atomic E-state index is 0.107. The molecule has 0 aromatic carbocycles. The van der Waals surface area contributed by atoms with Crippen LogP contribution in [0.3, 0.4) is 0 Å². The van der Waals surface area contributed by atoms with E-state index in [0.717, 1.165) is 18.6 Å². The highest BCUT2D eigenvalue weighted by Crippen LogP contribution is 2.06. The van der Waals surface area contributed by atoms with Crippen LogP contribution in [0.4, 0.5) is 0 Å². The van der Waals surface area contributed by atoms with Crippen LogP contribution in [0.2, 0.25) is 0 Å². The zero-order valence-electron chi connectivity index (χ0n) is 11.0. The van der Waals surface area contributed by atoms with Gasteiger partial charge in [0, 0.05) is 11.5 Å². The van der Waals surface area contributed by atoms with E-state index in [4.69, 9.17) is 9.84 Å². The van der Waals surface area contributed by atoms with Gasteiger partial charge in [-0.2, -0.15) is 11.8 Å². The molecule has 0 rings (SSSR count). The number of thioether (sulfide) groups is 1. The Labute approximate surface area is 109 Å². The maximum atomic E-state index is 11.2. The first-order valence-corrected chi connectivity index (χ1v) is 7.81. The third-order valence-corrected chi connectivity index (χ3v) is 3.41. The second kappa shape index (κ2) is 13.8.